The van der Waals surface area contributed by atoms with Gasteiger partial charge in [0, 0.05) is 26.2 Å². The molecule has 3 heterocycles. The first-order chi connectivity index (χ1) is 10.2. The van der Waals surface area contributed by atoms with Crippen LogP contribution in [0.4, 0.5) is 5.82 Å². The van der Waals surface area contributed by atoms with Gasteiger partial charge in [-0.05, 0) is 42.8 Å². The fraction of sp³-hybridized carbons (Fsp3) is 0.692. The minimum absolute atomic E-state index is 0.325. The van der Waals surface area contributed by atoms with Crippen LogP contribution in [0.25, 0.3) is 5.65 Å². The SMILES string of the molecule is C[C@H]1CN(CCCNc2ccc3nnnn3n2)C[C@H](C)O1. The van der Waals surface area contributed by atoms with Gasteiger partial charge in [0.2, 0.25) is 0 Å². The first kappa shape index (κ1) is 14.2. The standard InChI is InChI=1S/C13H21N7O/c1-10-8-19(9-11(2)21-10)7-3-6-14-12-4-5-13-15-17-18-20(13)16-12/h4-5,10-11H,3,6-9H2,1-2H3,(H,14,16)/t10-,11-/m0/s1. The smallest absolute Gasteiger partial charge is 0.200 e. The van der Waals surface area contributed by atoms with E-state index in [4.69, 9.17) is 4.74 Å². The monoisotopic (exact) mass is 291 g/mol. The molecule has 2 atom stereocenters. The van der Waals surface area contributed by atoms with Crippen LogP contribution in [0.5, 0.6) is 0 Å². The molecule has 0 aromatic carbocycles. The number of morpholine rings is 1. The fourth-order valence-electron chi connectivity index (χ4n) is 2.73. The van der Waals surface area contributed by atoms with Gasteiger partial charge in [-0.1, -0.05) is 0 Å². The third-order valence-electron chi connectivity index (χ3n) is 3.52. The Kier molecular flexibility index (Phi) is 4.26. The van der Waals surface area contributed by atoms with Crippen molar-refractivity contribution in [3.63, 3.8) is 0 Å². The molecular weight excluding hydrogens is 270 g/mol. The molecule has 3 rings (SSSR count). The number of rotatable bonds is 5. The lowest BCUT2D eigenvalue weighted by Crippen LogP contribution is -2.45. The van der Waals surface area contributed by atoms with E-state index in [0.29, 0.717) is 17.9 Å². The van der Waals surface area contributed by atoms with E-state index in [9.17, 15) is 0 Å². The maximum atomic E-state index is 5.74. The van der Waals surface area contributed by atoms with E-state index in [0.717, 1.165) is 38.4 Å². The van der Waals surface area contributed by atoms with Crippen molar-refractivity contribution in [1.82, 2.24) is 30.2 Å². The van der Waals surface area contributed by atoms with E-state index in [1.54, 1.807) is 0 Å². The second kappa shape index (κ2) is 6.31. The molecule has 0 amide bonds. The summed E-state index contributed by atoms with van der Waals surface area (Å²) in [6.07, 6.45) is 1.71. The van der Waals surface area contributed by atoms with Crippen LogP contribution in [0.3, 0.4) is 0 Å². The maximum absolute atomic E-state index is 5.74. The number of fused-ring (bicyclic) bond motifs is 1. The first-order valence-electron chi connectivity index (χ1n) is 7.38. The number of tetrazole rings is 1. The highest BCUT2D eigenvalue weighted by atomic mass is 16.5. The molecular formula is C13H21N7O. The maximum Gasteiger partial charge on any atom is 0.200 e. The first-order valence-corrected chi connectivity index (χ1v) is 7.38. The van der Waals surface area contributed by atoms with Gasteiger partial charge >= 0.3 is 0 Å². The molecule has 8 nitrogen and oxygen atoms in total. The molecule has 1 N–H and O–H groups in total. The molecule has 2 aromatic heterocycles. The summed E-state index contributed by atoms with van der Waals surface area (Å²) < 4.78 is 7.16. The van der Waals surface area contributed by atoms with Gasteiger partial charge in [0.15, 0.2) is 5.65 Å². The van der Waals surface area contributed by atoms with E-state index >= 15 is 0 Å². The largest absolute Gasteiger partial charge is 0.373 e. The molecule has 0 unspecified atom stereocenters. The van der Waals surface area contributed by atoms with Crippen LogP contribution in [-0.2, 0) is 4.74 Å². The van der Waals surface area contributed by atoms with Gasteiger partial charge in [0.05, 0.1) is 12.2 Å². The van der Waals surface area contributed by atoms with E-state index in [1.165, 1.54) is 4.63 Å². The zero-order valence-corrected chi connectivity index (χ0v) is 12.4. The minimum Gasteiger partial charge on any atom is -0.373 e. The van der Waals surface area contributed by atoms with E-state index in [-0.39, 0.29) is 0 Å². The van der Waals surface area contributed by atoms with Crippen LogP contribution in [0, 0.1) is 0 Å². The summed E-state index contributed by atoms with van der Waals surface area (Å²) in [4.78, 5) is 2.46. The molecule has 0 saturated carbocycles. The summed E-state index contributed by atoms with van der Waals surface area (Å²) in [6, 6.07) is 3.74. The summed E-state index contributed by atoms with van der Waals surface area (Å²) in [5.74, 6) is 0.790. The van der Waals surface area contributed by atoms with Crippen molar-refractivity contribution < 1.29 is 4.74 Å². The van der Waals surface area contributed by atoms with Crippen LogP contribution >= 0.6 is 0 Å². The van der Waals surface area contributed by atoms with E-state index in [1.807, 2.05) is 12.1 Å². The molecule has 1 aliphatic rings. The summed E-state index contributed by atoms with van der Waals surface area (Å²) in [5, 5.41) is 18.8. The Hall–Kier alpha value is -1.80. The average Bonchev–Trinajstić information content (AvgIpc) is 2.90. The summed E-state index contributed by atoms with van der Waals surface area (Å²) in [6.45, 7) is 8.23. The van der Waals surface area contributed by atoms with Crippen LogP contribution in [-0.4, -0.2) is 68.5 Å². The van der Waals surface area contributed by atoms with Crippen molar-refractivity contribution in [3.8, 4) is 0 Å². The highest BCUT2D eigenvalue weighted by Gasteiger charge is 2.21. The fourth-order valence-corrected chi connectivity index (χ4v) is 2.73. The van der Waals surface area contributed by atoms with Crippen molar-refractivity contribution in [1.29, 1.82) is 0 Å². The minimum atomic E-state index is 0.325. The van der Waals surface area contributed by atoms with Crippen molar-refractivity contribution >= 4 is 11.5 Å². The van der Waals surface area contributed by atoms with E-state index in [2.05, 4.69) is 44.7 Å². The Morgan fingerprint density at radius 2 is 2.10 bits per heavy atom. The molecule has 1 fully saturated rings. The van der Waals surface area contributed by atoms with Gasteiger partial charge in [-0.2, -0.15) is 0 Å². The predicted octanol–water partition coefficient (Wildman–Crippen LogP) is 0.430. The molecule has 21 heavy (non-hydrogen) atoms. The normalized spacial score (nSPS) is 23.5. The molecule has 0 spiro atoms. The van der Waals surface area contributed by atoms with Gasteiger partial charge in [0.25, 0.3) is 0 Å². The average molecular weight is 291 g/mol. The Labute approximate surface area is 123 Å². The molecule has 0 bridgehead atoms. The van der Waals surface area contributed by atoms with Crippen molar-refractivity contribution in [2.24, 2.45) is 0 Å². The number of anilines is 1. The predicted molar refractivity (Wildman–Crippen MR) is 78.1 cm³/mol. The number of nitrogens with zero attached hydrogens (tertiary/aromatic N) is 6. The van der Waals surface area contributed by atoms with Crippen molar-refractivity contribution in [2.75, 3.05) is 31.5 Å². The van der Waals surface area contributed by atoms with Crippen LogP contribution in [0.15, 0.2) is 12.1 Å². The lowest BCUT2D eigenvalue weighted by atomic mass is 10.2. The third kappa shape index (κ3) is 3.64. The lowest BCUT2D eigenvalue weighted by molar-refractivity contribution is -0.0678. The molecule has 0 aliphatic carbocycles. The van der Waals surface area contributed by atoms with Crippen LogP contribution < -0.4 is 5.32 Å². The van der Waals surface area contributed by atoms with Crippen LogP contribution in [0.1, 0.15) is 20.3 Å². The van der Waals surface area contributed by atoms with Gasteiger partial charge in [-0.25, -0.2) is 0 Å². The topological polar surface area (TPSA) is 80.5 Å². The molecule has 1 saturated heterocycles. The Bertz CT molecular complexity index is 577. The number of ether oxygens (including phenoxy) is 1. The quantitative estimate of drug-likeness (QED) is 0.800. The van der Waals surface area contributed by atoms with Gasteiger partial charge in [-0.3, -0.25) is 4.90 Å². The molecule has 2 aromatic rings. The number of hydrogen-bond acceptors (Lipinski definition) is 7. The van der Waals surface area contributed by atoms with Gasteiger partial charge in [-0.15, -0.1) is 14.8 Å². The third-order valence-corrected chi connectivity index (χ3v) is 3.52. The highest BCUT2D eigenvalue weighted by molar-refractivity contribution is 5.41. The van der Waals surface area contributed by atoms with Crippen molar-refractivity contribution in [2.45, 2.75) is 32.5 Å². The Balaban J connectivity index is 1.43. The van der Waals surface area contributed by atoms with Crippen LogP contribution in [0.2, 0.25) is 0 Å². The molecule has 0 radical (unpaired) electrons. The summed E-state index contributed by atoms with van der Waals surface area (Å²) >= 11 is 0. The van der Waals surface area contributed by atoms with Gasteiger partial charge < -0.3 is 10.1 Å². The highest BCUT2D eigenvalue weighted by Crippen LogP contribution is 2.11. The summed E-state index contributed by atoms with van der Waals surface area (Å²) in [7, 11) is 0. The number of aromatic nitrogens is 5. The number of nitrogens with one attached hydrogen (secondary N) is 1. The second-order valence-corrected chi connectivity index (χ2v) is 5.54. The Morgan fingerprint density at radius 1 is 1.29 bits per heavy atom. The zero-order valence-electron chi connectivity index (χ0n) is 12.4. The zero-order chi connectivity index (χ0) is 14.7. The Morgan fingerprint density at radius 3 is 2.90 bits per heavy atom. The van der Waals surface area contributed by atoms with E-state index < -0.39 is 0 Å². The van der Waals surface area contributed by atoms with Gasteiger partial charge in [0.1, 0.15) is 5.82 Å². The number of hydrogen-bond donors (Lipinski definition) is 1. The van der Waals surface area contributed by atoms with Crippen molar-refractivity contribution in [3.05, 3.63) is 12.1 Å². The summed E-state index contributed by atoms with van der Waals surface area (Å²) in [5.41, 5.74) is 0.650. The molecule has 8 heteroatoms. The molecule has 1 aliphatic heterocycles. The lowest BCUT2D eigenvalue weighted by Gasteiger charge is -2.35. The molecule has 114 valence electrons. The second-order valence-electron chi connectivity index (χ2n) is 5.54.